The van der Waals surface area contributed by atoms with E-state index < -0.39 is 0 Å². The fourth-order valence-electron chi connectivity index (χ4n) is 3.77. The van der Waals surface area contributed by atoms with Crippen LogP contribution < -0.4 is 16.4 Å². The van der Waals surface area contributed by atoms with Crippen molar-refractivity contribution in [3.8, 4) is 11.3 Å². The van der Waals surface area contributed by atoms with Crippen LogP contribution in [0, 0.1) is 0 Å². The summed E-state index contributed by atoms with van der Waals surface area (Å²) < 4.78 is 10.0. The lowest BCUT2D eigenvalue weighted by Crippen LogP contribution is -2.33. The first kappa shape index (κ1) is 28.6. The zero-order chi connectivity index (χ0) is 24.6. The summed E-state index contributed by atoms with van der Waals surface area (Å²) in [6.07, 6.45) is 12.4. The minimum Gasteiger partial charge on any atom is -0.384 e. The minimum atomic E-state index is 0.372. The molecule has 1 saturated heterocycles. The van der Waals surface area contributed by atoms with E-state index in [1.165, 1.54) is 57.6 Å². The highest BCUT2D eigenvalue weighted by atomic mass is 35.5. The average Bonchev–Trinajstić information content (AvgIpc) is 2.88. The summed E-state index contributed by atoms with van der Waals surface area (Å²) in [6, 6.07) is 5.96. The lowest BCUT2D eigenvalue weighted by molar-refractivity contribution is 0.0968. The molecule has 34 heavy (non-hydrogen) atoms. The maximum atomic E-state index is 6.10. The predicted octanol–water partition coefficient (Wildman–Crippen LogP) is 5.82. The van der Waals surface area contributed by atoms with Crippen LogP contribution in [0.15, 0.2) is 24.4 Å². The van der Waals surface area contributed by atoms with Crippen LogP contribution in [-0.2, 0) is 9.47 Å². The van der Waals surface area contributed by atoms with Gasteiger partial charge in [0.2, 0.25) is 0 Å². The third-order valence-electron chi connectivity index (χ3n) is 5.66. The van der Waals surface area contributed by atoms with Gasteiger partial charge in [-0.25, -0.2) is 9.97 Å². The van der Waals surface area contributed by atoms with Crippen molar-refractivity contribution >= 4 is 34.8 Å². The van der Waals surface area contributed by atoms with Crippen LogP contribution in [0.4, 0.5) is 11.6 Å². The van der Waals surface area contributed by atoms with Gasteiger partial charge in [-0.3, -0.25) is 0 Å². The van der Waals surface area contributed by atoms with Crippen molar-refractivity contribution in [2.75, 3.05) is 51.6 Å². The second-order valence-corrected chi connectivity index (χ2v) is 9.14. The Morgan fingerprint density at radius 1 is 1.06 bits per heavy atom. The van der Waals surface area contributed by atoms with E-state index in [-0.39, 0.29) is 0 Å². The van der Waals surface area contributed by atoms with Gasteiger partial charge in [0.15, 0.2) is 0 Å². The van der Waals surface area contributed by atoms with E-state index in [0.717, 1.165) is 32.4 Å². The van der Waals surface area contributed by atoms with Crippen molar-refractivity contribution in [3.63, 3.8) is 0 Å². The Balaban J connectivity index is 0.000000204. The molecular weight excluding hydrogens is 473 g/mol. The van der Waals surface area contributed by atoms with Crippen molar-refractivity contribution in [2.24, 2.45) is 0 Å². The molecule has 7 nitrogen and oxygen atoms in total. The number of nitrogen functional groups attached to an aromatic ring is 1. The summed E-state index contributed by atoms with van der Waals surface area (Å²) in [5.74, 6) is 1.08. The number of methoxy groups -OCH3 is 1. The van der Waals surface area contributed by atoms with Crippen molar-refractivity contribution in [1.29, 1.82) is 0 Å². The van der Waals surface area contributed by atoms with Gasteiger partial charge in [0.1, 0.15) is 11.6 Å². The molecule has 0 radical (unpaired) electrons. The Hall–Kier alpha value is -1.64. The number of rotatable bonds is 6. The minimum absolute atomic E-state index is 0.372. The van der Waals surface area contributed by atoms with Crippen LogP contribution in [0.3, 0.4) is 0 Å². The molecular formula is C25H39Cl2N5O2. The zero-order valence-electron chi connectivity index (χ0n) is 20.4. The van der Waals surface area contributed by atoms with E-state index in [0.29, 0.717) is 32.9 Å². The van der Waals surface area contributed by atoms with Crippen molar-refractivity contribution in [2.45, 2.75) is 57.4 Å². The fraction of sp³-hybridized carbons (Fsp3) is 0.600. The van der Waals surface area contributed by atoms with Gasteiger partial charge in [-0.1, -0.05) is 42.5 Å². The molecule has 1 aliphatic carbocycles. The third kappa shape index (κ3) is 10.7. The number of hydrogen-bond donors (Lipinski definition) is 3. The van der Waals surface area contributed by atoms with Gasteiger partial charge >= 0.3 is 0 Å². The lowest BCUT2D eigenvalue weighted by atomic mass is 9.96. The van der Waals surface area contributed by atoms with Crippen LogP contribution in [0.5, 0.6) is 0 Å². The summed E-state index contributed by atoms with van der Waals surface area (Å²) in [7, 11) is 3.53. The summed E-state index contributed by atoms with van der Waals surface area (Å²) in [5, 5.41) is 7.41. The molecule has 9 heteroatoms. The molecule has 4 rings (SSSR count). The average molecular weight is 513 g/mol. The second kappa shape index (κ2) is 16.9. The third-order valence-corrected chi connectivity index (χ3v) is 6.26. The monoisotopic (exact) mass is 511 g/mol. The van der Waals surface area contributed by atoms with Gasteiger partial charge in [-0.2, -0.15) is 0 Å². The molecule has 0 bridgehead atoms. The summed E-state index contributed by atoms with van der Waals surface area (Å²) in [5.41, 5.74) is 6.88. The van der Waals surface area contributed by atoms with E-state index in [2.05, 4.69) is 20.6 Å². The smallest absolute Gasteiger partial charge is 0.126 e. The number of ether oxygens (including phenoxy) is 2. The van der Waals surface area contributed by atoms with Gasteiger partial charge in [-0.15, -0.1) is 0 Å². The van der Waals surface area contributed by atoms with E-state index in [4.69, 9.17) is 38.4 Å². The molecule has 2 aromatic heterocycles. The number of hydrogen-bond acceptors (Lipinski definition) is 7. The quantitative estimate of drug-likeness (QED) is 0.420. The molecule has 0 amide bonds. The lowest BCUT2D eigenvalue weighted by Gasteiger charge is -2.22. The predicted molar refractivity (Wildman–Crippen MR) is 143 cm³/mol. The van der Waals surface area contributed by atoms with Crippen LogP contribution >= 0.6 is 23.2 Å². The summed E-state index contributed by atoms with van der Waals surface area (Å²) >= 11 is 12.2. The molecule has 0 unspecified atom stereocenters. The number of nitrogens with zero attached hydrogens (tertiary/aromatic N) is 2. The number of halogens is 2. The van der Waals surface area contributed by atoms with Crippen LogP contribution in [0.2, 0.25) is 10.0 Å². The number of aromatic nitrogens is 2. The van der Waals surface area contributed by atoms with Gasteiger partial charge in [0, 0.05) is 51.7 Å². The Kier molecular flexibility index (Phi) is 14.2. The molecule has 0 atom stereocenters. The molecule has 3 heterocycles. The summed E-state index contributed by atoms with van der Waals surface area (Å²) in [6.45, 7) is 3.86. The Bertz CT molecular complexity index is 819. The molecule has 1 aliphatic heterocycles. The maximum absolute atomic E-state index is 6.10. The molecule has 0 spiro atoms. The van der Waals surface area contributed by atoms with Gasteiger partial charge in [0.05, 0.1) is 22.3 Å². The van der Waals surface area contributed by atoms with Crippen LogP contribution in [0.1, 0.15) is 51.4 Å². The normalized spacial score (nSPS) is 16.0. The van der Waals surface area contributed by atoms with Crippen LogP contribution in [0.25, 0.3) is 11.3 Å². The Morgan fingerprint density at radius 2 is 1.76 bits per heavy atom. The van der Waals surface area contributed by atoms with E-state index in [1.54, 1.807) is 32.4 Å². The van der Waals surface area contributed by atoms with Gasteiger partial charge in [-0.05, 0) is 50.3 Å². The molecule has 2 aliphatic rings. The number of pyridine rings is 2. The number of anilines is 2. The highest BCUT2D eigenvalue weighted by Crippen LogP contribution is 2.33. The van der Waals surface area contributed by atoms with Crippen LogP contribution in [-0.4, -0.2) is 56.5 Å². The first-order valence-corrected chi connectivity index (χ1v) is 12.9. The zero-order valence-corrected chi connectivity index (χ0v) is 21.9. The first-order valence-electron chi connectivity index (χ1n) is 12.1. The SMILES string of the molecule is C1CCOCC1.CNc1ccc(Cl)c(-c2cc(N)ncc2Cl)n1.COCCNC1CCCCC1. The standard InChI is InChI=1S/C11H10Cl2N4.C9H19NO.C5H10O/c1-15-10-3-2-7(12)11(17-10)6-4-9(14)16-5-8(6)13;1-11-8-7-10-9-5-3-2-4-6-9;1-2-4-6-5-3-1/h2-5H,1H3,(H2,14,16)(H,15,17);9-10H,2-8H2,1H3;1-5H2. The molecule has 1 saturated carbocycles. The van der Waals surface area contributed by atoms with Gasteiger partial charge < -0.3 is 25.8 Å². The number of nitrogens with two attached hydrogens (primary N) is 1. The molecule has 4 N–H and O–H groups in total. The Labute approximate surface area is 214 Å². The maximum Gasteiger partial charge on any atom is 0.126 e. The molecule has 190 valence electrons. The van der Waals surface area contributed by atoms with E-state index in [9.17, 15) is 0 Å². The molecule has 0 aromatic carbocycles. The van der Waals surface area contributed by atoms with E-state index >= 15 is 0 Å². The first-order chi connectivity index (χ1) is 16.5. The summed E-state index contributed by atoms with van der Waals surface area (Å²) in [4.78, 5) is 8.25. The number of nitrogens with one attached hydrogen (secondary N) is 2. The highest BCUT2D eigenvalue weighted by Gasteiger charge is 2.12. The van der Waals surface area contributed by atoms with Crippen molar-refractivity contribution in [3.05, 3.63) is 34.4 Å². The molecule has 2 aromatic rings. The Morgan fingerprint density at radius 3 is 2.35 bits per heavy atom. The largest absolute Gasteiger partial charge is 0.384 e. The van der Waals surface area contributed by atoms with Crippen molar-refractivity contribution in [1.82, 2.24) is 15.3 Å². The van der Waals surface area contributed by atoms with E-state index in [1.807, 2.05) is 0 Å². The fourth-order valence-corrected chi connectivity index (χ4v) is 4.17. The topological polar surface area (TPSA) is 94.3 Å². The van der Waals surface area contributed by atoms with Crippen molar-refractivity contribution < 1.29 is 9.47 Å². The second-order valence-electron chi connectivity index (χ2n) is 8.32. The van der Waals surface area contributed by atoms with Gasteiger partial charge in [0.25, 0.3) is 0 Å². The highest BCUT2D eigenvalue weighted by molar-refractivity contribution is 6.36. The molecule has 2 fully saturated rings.